The zero-order valence-corrected chi connectivity index (χ0v) is 12.9. The van der Waals surface area contributed by atoms with Crippen molar-refractivity contribution in [3.63, 3.8) is 0 Å². The summed E-state index contributed by atoms with van der Waals surface area (Å²) in [6, 6.07) is 7.26. The van der Waals surface area contributed by atoms with Gasteiger partial charge in [0.15, 0.2) is 0 Å². The van der Waals surface area contributed by atoms with Crippen LogP contribution in [0.25, 0.3) is 5.69 Å². The zero-order valence-electron chi connectivity index (χ0n) is 12.1. The lowest BCUT2D eigenvalue weighted by atomic mass is 9.98. The highest BCUT2D eigenvalue weighted by Gasteiger charge is 2.35. The summed E-state index contributed by atoms with van der Waals surface area (Å²) in [4.78, 5) is 12.4. The number of halogens is 1. The normalized spacial score (nSPS) is 16.6. The Kier molecular flexibility index (Phi) is 4.18. The van der Waals surface area contributed by atoms with Gasteiger partial charge in [-0.2, -0.15) is 5.10 Å². The van der Waals surface area contributed by atoms with Crippen LogP contribution < -0.4 is 5.32 Å². The molecule has 1 heterocycles. The van der Waals surface area contributed by atoms with Gasteiger partial charge in [-0.15, -0.1) is 0 Å². The predicted octanol–water partition coefficient (Wildman–Crippen LogP) is 2.56. The van der Waals surface area contributed by atoms with Gasteiger partial charge in [0.1, 0.15) is 0 Å². The first-order valence-electron chi connectivity index (χ1n) is 7.36. The van der Waals surface area contributed by atoms with Crippen LogP contribution in [0, 0.1) is 0 Å². The van der Waals surface area contributed by atoms with Crippen molar-refractivity contribution in [3.05, 3.63) is 47.2 Å². The van der Waals surface area contributed by atoms with Crippen molar-refractivity contribution < 1.29 is 9.90 Å². The van der Waals surface area contributed by atoms with Crippen molar-refractivity contribution >= 4 is 17.5 Å². The molecule has 1 aromatic carbocycles. The summed E-state index contributed by atoms with van der Waals surface area (Å²) < 4.78 is 1.61. The summed E-state index contributed by atoms with van der Waals surface area (Å²) in [6.07, 6.45) is 6.89. The molecule has 1 aliphatic carbocycles. The number of rotatable bonds is 4. The molecule has 5 nitrogen and oxygen atoms in total. The number of aliphatic hydroxyl groups is 1. The summed E-state index contributed by atoms with van der Waals surface area (Å²) in [7, 11) is 0. The highest BCUT2D eigenvalue weighted by molar-refractivity contribution is 6.30. The molecule has 1 amide bonds. The summed E-state index contributed by atoms with van der Waals surface area (Å²) in [6.45, 7) is -0.0266. The molecule has 22 heavy (non-hydrogen) atoms. The fraction of sp³-hybridized carbons (Fsp3) is 0.375. The van der Waals surface area contributed by atoms with Gasteiger partial charge in [-0.05, 0) is 31.0 Å². The number of nitrogens with zero attached hydrogens (tertiary/aromatic N) is 2. The van der Waals surface area contributed by atoms with Crippen LogP contribution in [0.2, 0.25) is 5.02 Å². The van der Waals surface area contributed by atoms with E-state index < -0.39 is 5.54 Å². The minimum absolute atomic E-state index is 0.0266. The minimum atomic E-state index is -0.477. The Balaban J connectivity index is 1.77. The maximum absolute atomic E-state index is 12.4. The number of nitrogens with one attached hydrogen (secondary N) is 1. The lowest BCUT2D eigenvalue weighted by molar-refractivity contribution is 0.0838. The number of hydrogen-bond donors (Lipinski definition) is 2. The molecule has 1 aliphatic rings. The van der Waals surface area contributed by atoms with Gasteiger partial charge >= 0.3 is 0 Å². The smallest absolute Gasteiger partial charge is 0.254 e. The topological polar surface area (TPSA) is 67.2 Å². The lowest BCUT2D eigenvalue weighted by Gasteiger charge is -2.27. The number of benzene rings is 1. The number of aliphatic hydroxyl groups excluding tert-OH is 1. The Bertz CT molecular complexity index is 678. The van der Waals surface area contributed by atoms with E-state index in [4.69, 9.17) is 11.6 Å². The lowest BCUT2D eigenvalue weighted by Crippen LogP contribution is -2.49. The summed E-state index contributed by atoms with van der Waals surface area (Å²) in [5, 5.41) is 17.4. The third-order valence-electron chi connectivity index (χ3n) is 4.16. The molecular formula is C16H18ClN3O2. The highest BCUT2D eigenvalue weighted by Crippen LogP contribution is 2.29. The molecule has 1 aromatic heterocycles. The molecule has 0 bridgehead atoms. The van der Waals surface area contributed by atoms with Gasteiger partial charge < -0.3 is 10.4 Å². The van der Waals surface area contributed by atoms with Crippen molar-refractivity contribution in [3.8, 4) is 5.69 Å². The molecule has 0 atom stereocenters. The summed E-state index contributed by atoms with van der Waals surface area (Å²) in [5.41, 5.74) is 0.791. The Morgan fingerprint density at radius 3 is 2.86 bits per heavy atom. The third-order valence-corrected chi connectivity index (χ3v) is 4.39. The van der Waals surface area contributed by atoms with Crippen LogP contribution in [-0.4, -0.2) is 32.9 Å². The van der Waals surface area contributed by atoms with E-state index in [1.165, 1.54) is 6.20 Å². The molecule has 0 spiro atoms. The second-order valence-electron chi connectivity index (χ2n) is 5.75. The van der Waals surface area contributed by atoms with Crippen molar-refractivity contribution in [2.45, 2.75) is 31.2 Å². The fourth-order valence-electron chi connectivity index (χ4n) is 2.89. The quantitative estimate of drug-likeness (QED) is 0.910. The predicted molar refractivity (Wildman–Crippen MR) is 84.3 cm³/mol. The minimum Gasteiger partial charge on any atom is -0.394 e. The van der Waals surface area contributed by atoms with E-state index in [0.29, 0.717) is 10.6 Å². The number of carbonyl (C=O) groups is 1. The van der Waals surface area contributed by atoms with Gasteiger partial charge in [-0.3, -0.25) is 4.79 Å². The van der Waals surface area contributed by atoms with Crippen molar-refractivity contribution in [1.29, 1.82) is 0 Å². The van der Waals surface area contributed by atoms with Crippen LogP contribution in [0.3, 0.4) is 0 Å². The average molecular weight is 320 g/mol. The Morgan fingerprint density at radius 1 is 1.41 bits per heavy atom. The van der Waals surface area contributed by atoms with Crippen molar-refractivity contribution in [2.24, 2.45) is 0 Å². The highest BCUT2D eigenvalue weighted by atomic mass is 35.5. The third kappa shape index (κ3) is 3.00. The van der Waals surface area contributed by atoms with Crippen LogP contribution in [0.5, 0.6) is 0 Å². The van der Waals surface area contributed by atoms with Crippen LogP contribution in [0.1, 0.15) is 36.0 Å². The van der Waals surface area contributed by atoms with E-state index in [-0.39, 0.29) is 12.5 Å². The van der Waals surface area contributed by atoms with Gasteiger partial charge in [-0.25, -0.2) is 4.68 Å². The number of amides is 1. The first kappa shape index (κ1) is 15.1. The Morgan fingerprint density at radius 2 is 2.18 bits per heavy atom. The number of carbonyl (C=O) groups excluding carboxylic acids is 1. The van der Waals surface area contributed by atoms with Crippen LogP contribution in [-0.2, 0) is 0 Å². The van der Waals surface area contributed by atoms with E-state index in [2.05, 4.69) is 10.4 Å². The van der Waals surface area contributed by atoms with Crippen LogP contribution in [0.15, 0.2) is 36.7 Å². The van der Waals surface area contributed by atoms with Gasteiger partial charge in [0.25, 0.3) is 5.91 Å². The zero-order chi connectivity index (χ0) is 15.6. The van der Waals surface area contributed by atoms with Crippen LogP contribution in [0.4, 0.5) is 0 Å². The molecule has 6 heteroatoms. The molecule has 116 valence electrons. The fourth-order valence-corrected chi connectivity index (χ4v) is 3.07. The molecule has 0 unspecified atom stereocenters. The molecule has 0 radical (unpaired) electrons. The maximum atomic E-state index is 12.4. The second kappa shape index (κ2) is 6.10. The van der Waals surface area contributed by atoms with Gasteiger partial charge in [0, 0.05) is 11.2 Å². The summed E-state index contributed by atoms with van der Waals surface area (Å²) >= 11 is 5.97. The van der Waals surface area contributed by atoms with E-state index in [0.717, 1.165) is 31.4 Å². The molecule has 1 saturated carbocycles. The molecule has 0 aliphatic heterocycles. The van der Waals surface area contributed by atoms with Crippen molar-refractivity contribution in [2.75, 3.05) is 6.61 Å². The molecular weight excluding hydrogens is 302 g/mol. The van der Waals surface area contributed by atoms with Gasteiger partial charge in [0.2, 0.25) is 0 Å². The van der Waals surface area contributed by atoms with E-state index >= 15 is 0 Å². The average Bonchev–Trinajstić information content (AvgIpc) is 3.17. The monoisotopic (exact) mass is 319 g/mol. The Hall–Kier alpha value is -1.85. The van der Waals surface area contributed by atoms with Crippen LogP contribution >= 0.6 is 11.6 Å². The summed E-state index contributed by atoms with van der Waals surface area (Å²) in [5.74, 6) is -0.204. The first-order chi connectivity index (χ1) is 10.6. The molecule has 1 fully saturated rings. The van der Waals surface area contributed by atoms with Gasteiger partial charge in [0.05, 0.1) is 29.6 Å². The van der Waals surface area contributed by atoms with E-state index in [1.54, 1.807) is 23.0 Å². The molecule has 0 saturated heterocycles. The second-order valence-corrected chi connectivity index (χ2v) is 6.19. The largest absolute Gasteiger partial charge is 0.394 e. The molecule has 2 aromatic rings. The number of hydrogen-bond acceptors (Lipinski definition) is 3. The van der Waals surface area contributed by atoms with E-state index in [1.807, 2.05) is 12.1 Å². The van der Waals surface area contributed by atoms with Gasteiger partial charge in [-0.1, -0.05) is 30.5 Å². The van der Waals surface area contributed by atoms with E-state index in [9.17, 15) is 9.90 Å². The maximum Gasteiger partial charge on any atom is 0.254 e. The van der Waals surface area contributed by atoms with Crippen molar-refractivity contribution in [1.82, 2.24) is 15.1 Å². The SMILES string of the molecule is O=C(NC1(CO)CCCC1)c1cnn(-c2cccc(Cl)c2)c1. The molecule has 3 rings (SSSR count). The Labute approximate surface area is 133 Å². The standard InChI is InChI=1S/C16H18ClN3O2/c17-13-4-3-5-14(8-13)20-10-12(9-18-20)15(22)19-16(11-21)6-1-2-7-16/h3-5,8-10,21H,1-2,6-7,11H2,(H,19,22). The first-order valence-corrected chi connectivity index (χ1v) is 7.74. The molecule has 2 N–H and O–H groups in total. The number of aromatic nitrogens is 2.